The molecule has 0 spiro atoms. The molecule has 0 radical (unpaired) electrons. The van der Waals surface area contributed by atoms with Gasteiger partial charge in [-0.05, 0) is 38.8 Å². The lowest BCUT2D eigenvalue weighted by molar-refractivity contribution is 0.104. The smallest absolute Gasteiger partial charge is 0.0140 e. The predicted molar refractivity (Wildman–Crippen MR) is 56.5 cm³/mol. The lowest BCUT2D eigenvalue weighted by Gasteiger charge is -2.40. The molecule has 0 bridgehead atoms. The highest BCUT2D eigenvalue weighted by Gasteiger charge is 2.30. The summed E-state index contributed by atoms with van der Waals surface area (Å²) in [6.45, 7) is 9.29. The van der Waals surface area contributed by atoms with Crippen LogP contribution in [-0.4, -0.2) is 25.0 Å². The molecule has 1 heteroatoms. The van der Waals surface area contributed by atoms with E-state index in [9.17, 15) is 0 Å². The second-order valence-electron chi connectivity index (χ2n) is 4.25. The van der Waals surface area contributed by atoms with E-state index in [1.54, 1.807) is 0 Å². The normalized spacial score (nSPS) is 15.2. The third-order valence-electron chi connectivity index (χ3n) is 3.43. The van der Waals surface area contributed by atoms with Crippen molar-refractivity contribution < 1.29 is 0 Å². The summed E-state index contributed by atoms with van der Waals surface area (Å²) in [6, 6.07) is 0.729. The zero-order valence-corrected chi connectivity index (χ0v) is 9.65. The molecule has 0 aliphatic rings. The van der Waals surface area contributed by atoms with Crippen LogP contribution >= 0.6 is 0 Å². The minimum Gasteiger partial charge on any atom is -0.306 e. The molecule has 74 valence electrons. The Morgan fingerprint density at radius 1 is 1.08 bits per heavy atom. The van der Waals surface area contributed by atoms with E-state index in [1.807, 2.05) is 0 Å². The van der Waals surface area contributed by atoms with E-state index >= 15 is 0 Å². The first-order valence-electron chi connectivity index (χ1n) is 5.18. The fourth-order valence-corrected chi connectivity index (χ4v) is 2.20. The molecule has 0 N–H and O–H groups in total. The van der Waals surface area contributed by atoms with Gasteiger partial charge < -0.3 is 4.90 Å². The molecule has 12 heavy (non-hydrogen) atoms. The van der Waals surface area contributed by atoms with Crippen molar-refractivity contribution in [1.29, 1.82) is 0 Å². The molecule has 0 amide bonds. The topological polar surface area (TPSA) is 3.24 Å². The standard InChI is InChI=1S/C11H25N/c1-7-10(12(5)6)11(4,8-2)9-3/h10H,7-9H2,1-6H3. The van der Waals surface area contributed by atoms with Crippen molar-refractivity contribution in [3.8, 4) is 0 Å². The van der Waals surface area contributed by atoms with E-state index < -0.39 is 0 Å². The Morgan fingerprint density at radius 3 is 1.58 bits per heavy atom. The lowest BCUT2D eigenvalue weighted by Crippen LogP contribution is -2.41. The molecular formula is C11H25N. The summed E-state index contributed by atoms with van der Waals surface area (Å²) < 4.78 is 0. The van der Waals surface area contributed by atoms with Crippen LogP contribution in [0.3, 0.4) is 0 Å². The molecule has 0 aromatic heterocycles. The second kappa shape index (κ2) is 4.86. The SMILES string of the molecule is CCC(N(C)C)C(C)(CC)CC. The fraction of sp³-hybridized carbons (Fsp3) is 1.00. The highest BCUT2D eigenvalue weighted by molar-refractivity contribution is 4.84. The van der Waals surface area contributed by atoms with Crippen LogP contribution in [0.15, 0.2) is 0 Å². The second-order valence-corrected chi connectivity index (χ2v) is 4.25. The lowest BCUT2D eigenvalue weighted by atomic mass is 9.76. The van der Waals surface area contributed by atoms with Gasteiger partial charge in [-0.15, -0.1) is 0 Å². The Balaban J connectivity index is 4.43. The first-order valence-corrected chi connectivity index (χ1v) is 5.18. The zero-order chi connectivity index (χ0) is 9.78. The highest BCUT2D eigenvalue weighted by atomic mass is 15.1. The summed E-state index contributed by atoms with van der Waals surface area (Å²) in [5, 5.41) is 0. The number of hydrogen-bond donors (Lipinski definition) is 0. The Bertz CT molecular complexity index is 114. The fourth-order valence-electron chi connectivity index (χ4n) is 2.20. The van der Waals surface area contributed by atoms with E-state index in [-0.39, 0.29) is 0 Å². The van der Waals surface area contributed by atoms with Crippen molar-refractivity contribution in [1.82, 2.24) is 4.90 Å². The van der Waals surface area contributed by atoms with Crippen LogP contribution in [-0.2, 0) is 0 Å². The summed E-state index contributed by atoms with van der Waals surface area (Å²) in [5.74, 6) is 0. The zero-order valence-electron chi connectivity index (χ0n) is 9.65. The molecule has 0 aromatic rings. The van der Waals surface area contributed by atoms with Crippen LogP contribution in [0.2, 0.25) is 0 Å². The number of nitrogens with zero attached hydrogens (tertiary/aromatic N) is 1. The first kappa shape index (κ1) is 12.0. The maximum absolute atomic E-state index is 2.40. The molecule has 0 heterocycles. The van der Waals surface area contributed by atoms with Crippen molar-refractivity contribution in [3.05, 3.63) is 0 Å². The van der Waals surface area contributed by atoms with Gasteiger partial charge >= 0.3 is 0 Å². The van der Waals surface area contributed by atoms with E-state index in [1.165, 1.54) is 19.3 Å². The summed E-state index contributed by atoms with van der Waals surface area (Å²) in [4.78, 5) is 2.37. The Labute approximate surface area is 78.1 Å². The molecule has 1 atom stereocenters. The third-order valence-corrected chi connectivity index (χ3v) is 3.43. The number of hydrogen-bond acceptors (Lipinski definition) is 1. The van der Waals surface area contributed by atoms with Crippen LogP contribution in [0.25, 0.3) is 0 Å². The number of rotatable bonds is 5. The molecule has 0 saturated heterocycles. The van der Waals surface area contributed by atoms with Gasteiger partial charge in [0.25, 0.3) is 0 Å². The summed E-state index contributed by atoms with van der Waals surface area (Å²) in [5.41, 5.74) is 0.498. The van der Waals surface area contributed by atoms with Crippen molar-refractivity contribution in [2.75, 3.05) is 14.1 Å². The van der Waals surface area contributed by atoms with Gasteiger partial charge in [-0.2, -0.15) is 0 Å². The molecule has 1 unspecified atom stereocenters. The quantitative estimate of drug-likeness (QED) is 0.614. The monoisotopic (exact) mass is 171 g/mol. The van der Waals surface area contributed by atoms with Crippen molar-refractivity contribution in [2.45, 2.75) is 53.0 Å². The molecular weight excluding hydrogens is 146 g/mol. The van der Waals surface area contributed by atoms with Gasteiger partial charge in [0, 0.05) is 6.04 Å². The molecule has 1 nitrogen and oxygen atoms in total. The van der Waals surface area contributed by atoms with Gasteiger partial charge in [-0.3, -0.25) is 0 Å². The van der Waals surface area contributed by atoms with Gasteiger partial charge in [-0.25, -0.2) is 0 Å². The third kappa shape index (κ3) is 2.48. The molecule has 0 saturated carbocycles. The minimum atomic E-state index is 0.498. The summed E-state index contributed by atoms with van der Waals surface area (Å²) >= 11 is 0. The van der Waals surface area contributed by atoms with Crippen LogP contribution in [0.5, 0.6) is 0 Å². The molecule has 0 aliphatic carbocycles. The summed E-state index contributed by atoms with van der Waals surface area (Å²) in [7, 11) is 4.38. The van der Waals surface area contributed by atoms with Gasteiger partial charge in [0.05, 0.1) is 0 Å². The van der Waals surface area contributed by atoms with Crippen LogP contribution in [0.4, 0.5) is 0 Å². The maximum atomic E-state index is 2.40. The first-order chi connectivity index (χ1) is 5.51. The molecule has 0 rings (SSSR count). The van der Waals surface area contributed by atoms with Gasteiger partial charge in [0.1, 0.15) is 0 Å². The van der Waals surface area contributed by atoms with E-state index in [4.69, 9.17) is 0 Å². The van der Waals surface area contributed by atoms with Crippen molar-refractivity contribution in [2.24, 2.45) is 5.41 Å². The van der Waals surface area contributed by atoms with Crippen LogP contribution < -0.4 is 0 Å². The van der Waals surface area contributed by atoms with E-state index in [0.29, 0.717) is 5.41 Å². The molecule has 0 aromatic carbocycles. The predicted octanol–water partition coefficient (Wildman–Crippen LogP) is 3.15. The maximum Gasteiger partial charge on any atom is 0.0140 e. The van der Waals surface area contributed by atoms with Crippen molar-refractivity contribution >= 4 is 0 Å². The Morgan fingerprint density at radius 2 is 1.50 bits per heavy atom. The van der Waals surface area contributed by atoms with Crippen molar-refractivity contribution in [3.63, 3.8) is 0 Å². The van der Waals surface area contributed by atoms with Gasteiger partial charge in [0.2, 0.25) is 0 Å². The average molecular weight is 171 g/mol. The van der Waals surface area contributed by atoms with Gasteiger partial charge in [0.15, 0.2) is 0 Å². The minimum absolute atomic E-state index is 0.498. The van der Waals surface area contributed by atoms with E-state index in [2.05, 4.69) is 46.7 Å². The van der Waals surface area contributed by atoms with Crippen LogP contribution in [0, 0.1) is 5.41 Å². The van der Waals surface area contributed by atoms with Crippen LogP contribution in [0.1, 0.15) is 47.0 Å². The Hall–Kier alpha value is -0.0400. The average Bonchev–Trinajstić information content (AvgIpc) is 2.04. The van der Waals surface area contributed by atoms with E-state index in [0.717, 1.165) is 6.04 Å². The largest absolute Gasteiger partial charge is 0.306 e. The highest BCUT2D eigenvalue weighted by Crippen LogP contribution is 2.33. The summed E-state index contributed by atoms with van der Waals surface area (Å²) in [6.07, 6.45) is 3.81. The van der Waals surface area contributed by atoms with Gasteiger partial charge in [-0.1, -0.05) is 27.7 Å². The molecule has 0 fully saturated rings. The Kier molecular flexibility index (Phi) is 4.84. The molecule has 0 aliphatic heterocycles.